The highest BCUT2D eigenvalue weighted by Gasteiger charge is 2.43. The highest BCUT2D eigenvalue weighted by atomic mass is 35.5. The number of amides is 1. The molecule has 104 valence electrons. The molecule has 0 saturated carbocycles. The zero-order valence-corrected chi connectivity index (χ0v) is 12.2. The van der Waals surface area contributed by atoms with Gasteiger partial charge in [0.05, 0.1) is 27.8 Å². The van der Waals surface area contributed by atoms with Crippen molar-refractivity contribution < 1.29 is 4.79 Å². The van der Waals surface area contributed by atoms with E-state index < -0.39 is 5.41 Å². The third kappa shape index (κ3) is 2.09. The molecule has 4 heteroatoms. The second-order valence-corrected chi connectivity index (χ2v) is 5.80. The van der Waals surface area contributed by atoms with Gasteiger partial charge in [0.25, 0.3) is 0 Å². The van der Waals surface area contributed by atoms with E-state index in [1.807, 2.05) is 37.3 Å². The first-order valence-electron chi connectivity index (χ1n) is 6.65. The Kier molecular flexibility index (Phi) is 3.19. The predicted molar refractivity (Wildman–Crippen MR) is 82.3 cm³/mol. The molecule has 1 N–H and O–H groups in total. The van der Waals surface area contributed by atoms with E-state index in [4.69, 9.17) is 11.6 Å². The van der Waals surface area contributed by atoms with Crippen molar-refractivity contribution in [1.82, 2.24) is 0 Å². The summed E-state index contributed by atoms with van der Waals surface area (Å²) in [6, 6.07) is 15.1. The van der Waals surface area contributed by atoms with Gasteiger partial charge >= 0.3 is 0 Å². The molecule has 3 rings (SSSR count). The van der Waals surface area contributed by atoms with Crippen LogP contribution in [0, 0.1) is 11.3 Å². The number of carbonyl (C=O) groups excluding carboxylic acids is 1. The number of rotatable bonds is 2. The molecule has 0 aliphatic carbocycles. The Morgan fingerprint density at radius 3 is 2.76 bits per heavy atom. The molecule has 0 spiro atoms. The number of hydrogen-bond acceptors (Lipinski definition) is 2. The first kappa shape index (κ1) is 13.7. The first-order valence-corrected chi connectivity index (χ1v) is 7.02. The molecule has 1 atom stereocenters. The lowest BCUT2D eigenvalue weighted by atomic mass is 9.77. The minimum absolute atomic E-state index is 0.0849. The molecule has 2 aromatic carbocycles. The van der Waals surface area contributed by atoms with Gasteiger partial charge in [-0.25, -0.2) is 0 Å². The quantitative estimate of drug-likeness (QED) is 0.919. The highest BCUT2D eigenvalue weighted by Crippen LogP contribution is 2.43. The van der Waals surface area contributed by atoms with Crippen LogP contribution < -0.4 is 5.32 Å². The summed E-state index contributed by atoms with van der Waals surface area (Å²) in [6.07, 6.45) is 0.468. The van der Waals surface area contributed by atoms with Crippen LogP contribution in [-0.2, 0) is 16.6 Å². The normalized spacial score (nSPS) is 19.8. The molecular formula is C17H13ClN2O. The van der Waals surface area contributed by atoms with Gasteiger partial charge in [-0.05, 0) is 36.6 Å². The molecule has 0 radical (unpaired) electrons. The van der Waals surface area contributed by atoms with Crippen molar-refractivity contribution in [2.24, 2.45) is 0 Å². The lowest BCUT2D eigenvalue weighted by molar-refractivity contribution is -0.120. The van der Waals surface area contributed by atoms with Crippen LogP contribution >= 0.6 is 11.6 Å². The minimum Gasteiger partial charge on any atom is -0.324 e. The van der Waals surface area contributed by atoms with E-state index in [0.717, 1.165) is 11.1 Å². The number of benzene rings is 2. The lowest BCUT2D eigenvalue weighted by Gasteiger charge is -2.22. The zero-order valence-electron chi connectivity index (χ0n) is 11.5. The number of para-hydroxylation sites is 1. The Hall–Kier alpha value is -2.31. The fraction of sp³-hybridized carbons (Fsp3) is 0.176. The van der Waals surface area contributed by atoms with Gasteiger partial charge in [0.2, 0.25) is 5.91 Å². The SMILES string of the molecule is CC1(Cc2ccccc2C#N)C(=O)Nc2c(Cl)cccc21. The second-order valence-electron chi connectivity index (χ2n) is 5.39. The van der Waals surface area contributed by atoms with E-state index in [1.54, 1.807) is 12.1 Å². The van der Waals surface area contributed by atoms with Crippen molar-refractivity contribution in [3.05, 3.63) is 64.2 Å². The van der Waals surface area contributed by atoms with E-state index in [2.05, 4.69) is 11.4 Å². The Morgan fingerprint density at radius 1 is 1.24 bits per heavy atom. The standard InChI is InChI=1S/C17H13ClN2O/c1-17(9-11-5-2-3-6-12(11)10-19)13-7-4-8-14(18)15(13)20-16(17)21/h2-8H,9H2,1H3,(H,20,21). The van der Waals surface area contributed by atoms with E-state index in [-0.39, 0.29) is 5.91 Å². The summed E-state index contributed by atoms with van der Waals surface area (Å²) in [5.74, 6) is -0.0849. The average Bonchev–Trinajstić information content (AvgIpc) is 2.73. The highest BCUT2D eigenvalue weighted by molar-refractivity contribution is 6.34. The van der Waals surface area contributed by atoms with Gasteiger partial charge in [-0.15, -0.1) is 0 Å². The number of anilines is 1. The zero-order chi connectivity index (χ0) is 15.0. The van der Waals surface area contributed by atoms with E-state index >= 15 is 0 Å². The molecule has 21 heavy (non-hydrogen) atoms. The van der Waals surface area contributed by atoms with Gasteiger partial charge in [0, 0.05) is 0 Å². The number of carbonyl (C=O) groups is 1. The Morgan fingerprint density at radius 2 is 2.00 bits per heavy atom. The van der Waals surface area contributed by atoms with Crippen molar-refractivity contribution in [1.29, 1.82) is 5.26 Å². The molecule has 0 bridgehead atoms. The van der Waals surface area contributed by atoms with Crippen LogP contribution in [0.2, 0.25) is 5.02 Å². The van der Waals surface area contributed by atoms with E-state index in [0.29, 0.717) is 22.7 Å². The van der Waals surface area contributed by atoms with Crippen molar-refractivity contribution in [2.75, 3.05) is 5.32 Å². The third-order valence-corrected chi connectivity index (χ3v) is 4.34. The maximum Gasteiger partial charge on any atom is 0.235 e. The minimum atomic E-state index is -0.715. The maximum absolute atomic E-state index is 12.5. The summed E-state index contributed by atoms with van der Waals surface area (Å²) in [6.45, 7) is 1.89. The Labute approximate surface area is 128 Å². The largest absolute Gasteiger partial charge is 0.324 e. The summed E-state index contributed by atoms with van der Waals surface area (Å²) in [7, 11) is 0. The van der Waals surface area contributed by atoms with Crippen molar-refractivity contribution >= 4 is 23.2 Å². The summed E-state index contributed by atoms with van der Waals surface area (Å²) in [5, 5.41) is 12.6. The molecule has 1 aliphatic rings. The summed E-state index contributed by atoms with van der Waals surface area (Å²) < 4.78 is 0. The number of nitriles is 1. The number of nitrogens with zero attached hydrogens (tertiary/aromatic N) is 1. The summed E-state index contributed by atoms with van der Waals surface area (Å²) in [4.78, 5) is 12.5. The van der Waals surface area contributed by atoms with Gasteiger partial charge in [0.1, 0.15) is 0 Å². The fourth-order valence-corrected chi connectivity index (χ4v) is 3.05. The maximum atomic E-state index is 12.5. The number of hydrogen-bond donors (Lipinski definition) is 1. The van der Waals surface area contributed by atoms with Crippen molar-refractivity contribution in [3.63, 3.8) is 0 Å². The molecule has 2 aromatic rings. The van der Waals surface area contributed by atoms with E-state index in [1.165, 1.54) is 0 Å². The van der Waals surface area contributed by atoms with Gasteiger partial charge in [-0.2, -0.15) is 5.26 Å². The smallest absolute Gasteiger partial charge is 0.235 e. The van der Waals surface area contributed by atoms with Crippen LogP contribution in [0.1, 0.15) is 23.6 Å². The lowest BCUT2D eigenvalue weighted by Crippen LogP contribution is -2.33. The first-order chi connectivity index (χ1) is 10.1. The van der Waals surface area contributed by atoms with Crippen LogP contribution in [0.4, 0.5) is 5.69 Å². The molecule has 0 aromatic heterocycles. The second kappa shape index (κ2) is 4.91. The fourth-order valence-electron chi connectivity index (χ4n) is 2.82. The molecule has 3 nitrogen and oxygen atoms in total. The van der Waals surface area contributed by atoms with Crippen LogP contribution in [0.5, 0.6) is 0 Å². The topological polar surface area (TPSA) is 52.9 Å². The van der Waals surface area contributed by atoms with Gasteiger partial charge in [-0.1, -0.05) is 41.9 Å². The molecule has 1 heterocycles. The number of nitrogens with one attached hydrogen (secondary N) is 1. The summed E-state index contributed by atoms with van der Waals surface area (Å²) >= 11 is 6.16. The molecular weight excluding hydrogens is 284 g/mol. The third-order valence-electron chi connectivity index (χ3n) is 4.03. The van der Waals surface area contributed by atoms with Gasteiger partial charge < -0.3 is 5.32 Å². The van der Waals surface area contributed by atoms with Crippen molar-refractivity contribution in [2.45, 2.75) is 18.8 Å². The monoisotopic (exact) mass is 296 g/mol. The van der Waals surface area contributed by atoms with Crippen molar-refractivity contribution in [3.8, 4) is 6.07 Å². The molecule has 0 saturated heterocycles. The van der Waals surface area contributed by atoms with Gasteiger partial charge in [0.15, 0.2) is 0 Å². The van der Waals surface area contributed by atoms with Crippen LogP contribution in [0.25, 0.3) is 0 Å². The number of fused-ring (bicyclic) bond motifs is 1. The predicted octanol–water partition coefficient (Wildman–Crippen LogP) is 3.66. The Bertz CT molecular complexity index is 779. The number of halogens is 1. The van der Waals surface area contributed by atoms with Crippen LogP contribution in [0.3, 0.4) is 0 Å². The van der Waals surface area contributed by atoms with Crippen LogP contribution in [0.15, 0.2) is 42.5 Å². The van der Waals surface area contributed by atoms with Crippen LogP contribution in [-0.4, -0.2) is 5.91 Å². The van der Waals surface area contributed by atoms with Gasteiger partial charge in [-0.3, -0.25) is 4.79 Å². The molecule has 1 amide bonds. The molecule has 0 fully saturated rings. The molecule has 1 aliphatic heterocycles. The summed E-state index contributed by atoms with van der Waals surface area (Å²) in [5.41, 5.74) is 2.31. The molecule has 1 unspecified atom stereocenters. The Balaban J connectivity index is 2.09. The average molecular weight is 297 g/mol. The van der Waals surface area contributed by atoms with E-state index in [9.17, 15) is 10.1 Å².